The molecule has 12 heteroatoms. The van der Waals surface area contributed by atoms with E-state index in [1.807, 2.05) is 0 Å². The predicted molar refractivity (Wildman–Crippen MR) is 118 cm³/mol. The summed E-state index contributed by atoms with van der Waals surface area (Å²) in [6.45, 7) is 1.68. The van der Waals surface area contributed by atoms with Gasteiger partial charge in [-0.1, -0.05) is 0 Å². The molecule has 0 unspecified atom stereocenters. The molecule has 0 bridgehead atoms. The first-order valence-corrected chi connectivity index (χ1v) is 11.4. The van der Waals surface area contributed by atoms with Gasteiger partial charge in [0.05, 0.1) is 28.8 Å². The summed E-state index contributed by atoms with van der Waals surface area (Å²) >= 11 is 1.24. The van der Waals surface area contributed by atoms with Crippen LogP contribution in [0.4, 0.5) is 24.8 Å². The van der Waals surface area contributed by atoms with E-state index in [1.165, 1.54) is 23.7 Å². The molecule has 3 aromatic heterocycles. The zero-order chi connectivity index (χ0) is 24.5. The maximum atomic E-state index is 12.9. The molecule has 34 heavy (non-hydrogen) atoms. The fraction of sp³-hybridized carbons (Fsp3) is 0.409. The molecule has 180 valence electrons. The number of thiazole rings is 1. The second-order valence-corrected chi connectivity index (χ2v) is 9.44. The molecule has 1 saturated carbocycles. The first kappa shape index (κ1) is 24.0. The van der Waals surface area contributed by atoms with Gasteiger partial charge in [-0.15, -0.1) is 11.3 Å². The summed E-state index contributed by atoms with van der Waals surface area (Å²) in [6.07, 6.45) is 3.19. The van der Waals surface area contributed by atoms with Gasteiger partial charge in [-0.25, -0.2) is 15.0 Å². The van der Waals surface area contributed by atoms with Gasteiger partial charge in [-0.3, -0.25) is 9.78 Å². The molecular weight excluding hydrogens is 471 g/mol. The topological polar surface area (TPSA) is 121 Å². The Hall–Kier alpha value is -3.12. The monoisotopic (exact) mass is 493 g/mol. The second-order valence-electron chi connectivity index (χ2n) is 8.41. The Morgan fingerprint density at radius 2 is 1.85 bits per heavy atom. The molecule has 1 aliphatic rings. The quantitative estimate of drug-likeness (QED) is 0.445. The van der Waals surface area contributed by atoms with Gasteiger partial charge in [0, 0.05) is 12.4 Å². The van der Waals surface area contributed by atoms with Crippen LogP contribution in [-0.4, -0.2) is 36.1 Å². The summed E-state index contributed by atoms with van der Waals surface area (Å²) in [6, 6.07) is 1.77. The second kappa shape index (κ2) is 9.26. The van der Waals surface area contributed by atoms with Gasteiger partial charge in [0.1, 0.15) is 22.1 Å². The number of hydrogen-bond donors (Lipinski definition) is 3. The number of nitrogens with one attached hydrogen (secondary N) is 1. The Morgan fingerprint density at radius 3 is 2.53 bits per heavy atom. The van der Waals surface area contributed by atoms with Crippen LogP contribution in [0.3, 0.4) is 0 Å². The van der Waals surface area contributed by atoms with E-state index in [4.69, 9.17) is 0 Å². The molecule has 0 radical (unpaired) electrons. The predicted octanol–water partition coefficient (Wildman–Crippen LogP) is 4.86. The third-order valence-corrected chi connectivity index (χ3v) is 7.29. The molecule has 4 rings (SSSR count). The number of carboxylic acid groups (broad SMARTS) is 1. The van der Waals surface area contributed by atoms with Crippen molar-refractivity contribution >= 4 is 28.9 Å². The molecule has 0 saturated heterocycles. The third kappa shape index (κ3) is 5.17. The number of rotatable bonds is 6. The van der Waals surface area contributed by atoms with E-state index >= 15 is 0 Å². The number of carbonyl (C=O) groups is 1. The van der Waals surface area contributed by atoms with E-state index in [9.17, 15) is 28.2 Å². The first-order chi connectivity index (χ1) is 16.0. The summed E-state index contributed by atoms with van der Waals surface area (Å²) in [7, 11) is 0. The van der Waals surface area contributed by atoms with Crippen molar-refractivity contribution in [2.75, 3.05) is 5.32 Å². The Labute approximate surface area is 197 Å². The van der Waals surface area contributed by atoms with E-state index in [1.54, 1.807) is 13.1 Å². The minimum atomic E-state index is -4.49. The molecule has 8 nitrogen and oxygen atoms in total. The van der Waals surface area contributed by atoms with Crippen molar-refractivity contribution in [3.05, 3.63) is 47.5 Å². The van der Waals surface area contributed by atoms with Crippen molar-refractivity contribution < 1.29 is 28.2 Å². The van der Waals surface area contributed by atoms with Gasteiger partial charge in [-0.2, -0.15) is 13.2 Å². The zero-order valence-corrected chi connectivity index (χ0v) is 18.9. The Bertz CT molecular complexity index is 1180. The normalized spacial score (nSPS) is 20.5. The van der Waals surface area contributed by atoms with Crippen molar-refractivity contribution in [3.8, 4) is 10.6 Å². The van der Waals surface area contributed by atoms with Crippen LogP contribution in [0.1, 0.15) is 43.2 Å². The zero-order valence-electron chi connectivity index (χ0n) is 18.1. The number of aliphatic hydroxyl groups is 1. The highest BCUT2D eigenvalue weighted by atomic mass is 32.1. The van der Waals surface area contributed by atoms with Crippen LogP contribution in [0.5, 0.6) is 0 Å². The molecule has 3 N–H and O–H groups in total. The van der Waals surface area contributed by atoms with Crippen molar-refractivity contribution in [2.24, 2.45) is 11.8 Å². The lowest BCUT2D eigenvalue weighted by molar-refractivity contribution is -0.144. The lowest BCUT2D eigenvalue weighted by Crippen LogP contribution is -2.35. The number of alkyl halides is 3. The molecule has 3 aromatic rings. The summed E-state index contributed by atoms with van der Waals surface area (Å²) < 4.78 is 38.8. The van der Waals surface area contributed by atoms with Crippen LogP contribution in [0.2, 0.25) is 0 Å². The number of aromatic nitrogens is 4. The number of aliphatic carboxylic acids is 1. The van der Waals surface area contributed by atoms with E-state index in [0.29, 0.717) is 41.3 Å². The molecular formula is C22H22F3N5O3S. The molecule has 3 heterocycles. The summed E-state index contributed by atoms with van der Waals surface area (Å²) in [4.78, 5) is 28.6. The van der Waals surface area contributed by atoms with Gasteiger partial charge in [0.15, 0.2) is 5.82 Å². The van der Waals surface area contributed by atoms with Crippen molar-refractivity contribution in [1.29, 1.82) is 0 Å². The minimum absolute atomic E-state index is 0.0221. The number of carboxylic acids is 1. The van der Waals surface area contributed by atoms with Gasteiger partial charge in [0.2, 0.25) is 0 Å². The van der Waals surface area contributed by atoms with E-state index in [2.05, 4.69) is 25.3 Å². The Balaban J connectivity index is 1.50. The lowest BCUT2D eigenvalue weighted by atomic mass is 9.74. The largest absolute Gasteiger partial charge is 0.481 e. The van der Waals surface area contributed by atoms with Crippen molar-refractivity contribution in [2.45, 2.75) is 44.4 Å². The van der Waals surface area contributed by atoms with E-state index in [-0.39, 0.29) is 23.5 Å². The molecule has 0 aliphatic heterocycles. The van der Waals surface area contributed by atoms with Crippen LogP contribution in [-0.2, 0) is 16.6 Å². The van der Waals surface area contributed by atoms with E-state index in [0.717, 1.165) is 18.3 Å². The highest BCUT2D eigenvalue weighted by Crippen LogP contribution is 2.43. The number of pyridine rings is 1. The van der Waals surface area contributed by atoms with Gasteiger partial charge in [-0.05, 0) is 50.7 Å². The van der Waals surface area contributed by atoms with Crippen LogP contribution >= 0.6 is 11.3 Å². The number of nitrogens with zero attached hydrogens (tertiary/aromatic N) is 4. The SMILES string of the molecule is C[C@@](O)(c1ncc(-c2cncc(Nc3cc(C(F)(F)F)ccn3)n2)s1)[C@H]1CC[C@H](C(=O)O)CC1. The first-order valence-electron chi connectivity index (χ1n) is 10.6. The molecule has 0 amide bonds. The van der Waals surface area contributed by atoms with Crippen LogP contribution in [0, 0.1) is 11.8 Å². The molecule has 0 spiro atoms. The van der Waals surface area contributed by atoms with Gasteiger partial charge in [0.25, 0.3) is 0 Å². The highest BCUT2D eigenvalue weighted by molar-refractivity contribution is 7.15. The van der Waals surface area contributed by atoms with Crippen LogP contribution < -0.4 is 5.32 Å². The molecule has 1 atom stereocenters. The lowest BCUT2D eigenvalue weighted by Gasteiger charge is -2.35. The summed E-state index contributed by atoms with van der Waals surface area (Å²) in [5, 5.41) is 23.6. The number of halogens is 3. The fourth-order valence-electron chi connectivity index (χ4n) is 4.05. The van der Waals surface area contributed by atoms with Crippen LogP contribution in [0.15, 0.2) is 36.9 Å². The number of hydrogen-bond acceptors (Lipinski definition) is 8. The standard InChI is InChI=1S/C22H22F3N5O3S/c1-21(33,13-4-2-12(3-5-13)19(31)32)20-28-10-16(34-20)15-9-26-11-18(29-15)30-17-8-14(6-7-27-17)22(23,24)25/h6-13,33H,2-5H2,1H3,(H,31,32)(H,27,29,30)/t12-,13-,21-/m0/s1. The van der Waals surface area contributed by atoms with Gasteiger partial charge >= 0.3 is 12.1 Å². The van der Waals surface area contributed by atoms with Crippen molar-refractivity contribution in [3.63, 3.8) is 0 Å². The third-order valence-electron chi connectivity index (χ3n) is 6.04. The molecule has 1 aliphatic carbocycles. The average molecular weight is 494 g/mol. The Morgan fingerprint density at radius 1 is 1.12 bits per heavy atom. The maximum Gasteiger partial charge on any atom is 0.416 e. The van der Waals surface area contributed by atoms with Crippen LogP contribution in [0.25, 0.3) is 10.6 Å². The summed E-state index contributed by atoms with van der Waals surface area (Å²) in [5.41, 5.74) is -1.62. The number of anilines is 2. The smallest absolute Gasteiger partial charge is 0.416 e. The Kier molecular flexibility index (Phi) is 6.54. The average Bonchev–Trinajstić information content (AvgIpc) is 3.30. The minimum Gasteiger partial charge on any atom is -0.481 e. The van der Waals surface area contributed by atoms with Crippen molar-refractivity contribution in [1.82, 2.24) is 19.9 Å². The summed E-state index contributed by atoms with van der Waals surface area (Å²) in [5.74, 6) is -1.12. The highest BCUT2D eigenvalue weighted by Gasteiger charge is 2.40. The van der Waals surface area contributed by atoms with E-state index < -0.39 is 23.3 Å². The fourth-order valence-corrected chi connectivity index (χ4v) is 5.05. The maximum absolute atomic E-state index is 12.9. The molecule has 1 fully saturated rings. The molecule has 0 aromatic carbocycles. The van der Waals surface area contributed by atoms with Gasteiger partial charge < -0.3 is 15.5 Å².